The van der Waals surface area contributed by atoms with Crippen LogP contribution in [0, 0.1) is 0 Å². The molecule has 1 aromatic carbocycles. The molecule has 2 aromatic rings. The Morgan fingerprint density at radius 3 is 2.70 bits per heavy atom. The number of para-hydroxylation sites is 1. The number of halogens is 2. The van der Waals surface area contributed by atoms with Crippen molar-refractivity contribution in [2.45, 2.75) is 19.7 Å². The third-order valence-corrected chi connectivity index (χ3v) is 2.68. The number of alkyl halides is 2. The number of benzene rings is 1. The number of hydrogen-bond donors (Lipinski definition) is 1. The highest BCUT2D eigenvalue weighted by Crippen LogP contribution is 2.32. The molecule has 1 N–H and O–H groups in total. The normalized spacial score (nSPS) is 10.8. The quantitative estimate of drug-likeness (QED) is 0.847. The molecule has 108 valence electrons. The fraction of sp³-hybridized carbons (Fsp3) is 0.286. The molecule has 0 radical (unpaired) electrons. The minimum absolute atomic E-state index is 0.0527. The number of rotatable bonds is 7. The van der Waals surface area contributed by atoms with Crippen LogP contribution < -0.4 is 14.8 Å². The summed E-state index contributed by atoms with van der Waals surface area (Å²) in [4.78, 5) is 0. The lowest BCUT2D eigenvalue weighted by atomic mass is 10.2. The van der Waals surface area contributed by atoms with Gasteiger partial charge in [0.1, 0.15) is 5.76 Å². The Balaban J connectivity index is 2.05. The van der Waals surface area contributed by atoms with Crippen LogP contribution in [0.4, 0.5) is 8.78 Å². The second-order valence-electron chi connectivity index (χ2n) is 4.01. The van der Waals surface area contributed by atoms with Gasteiger partial charge in [0.25, 0.3) is 0 Å². The largest absolute Gasteiger partial charge is 0.493 e. The molecule has 6 heteroatoms. The number of ether oxygens (including phenoxy) is 2. The maximum atomic E-state index is 12.4. The Hall–Kier alpha value is -2.08. The summed E-state index contributed by atoms with van der Waals surface area (Å²) in [5, 5.41) is 3.09. The zero-order chi connectivity index (χ0) is 14.4. The van der Waals surface area contributed by atoms with E-state index in [1.165, 1.54) is 7.11 Å². The predicted molar refractivity (Wildman–Crippen MR) is 68.9 cm³/mol. The van der Waals surface area contributed by atoms with Gasteiger partial charge in [0.05, 0.1) is 19.9 Å². The van der Waals surface area contributed by atoms with Crippen molar-refractivity contribution in [2.75, 3.05) is 7.11 Å². The molecule has 0 amide bonds. The van der Waals surface area contributed by atoms with Crippen molar-refractivity contribution >= 4 is 0 Å². The van der Waals surface area contributed by atoms with Crippen LogP contribution in [0.2, 0.25) is 0 Å². The molecule has 0 aliphatic rings. The third kappa shape index (κ3) is 3.71. The van der Waals surface area contributed by atoms with Gasteiger partial charge in [-0.05, 0) is 18.2 Å². The Morgan fingerprint density at radius 2 is 2.05 bits per heavy atom. The first-order chi connectivity index (χ1) is 9.70. The molecule has 0 spiro atoms. The number of nitrogens with one attached hydrogen (secondary N) is 1. The Labute approximate surface area is 115 Å². The SMILES string of the molecule is COc1cccc(CNCc2ccco2)c1OC(F)F. The molecule has 0 aliphatic carbocycles. The molecule has 0 aliphatic heterocycles. The van der Waals surface area contributed by atoms with Crippen LogP contribution in [-0.2, 0) is 13.1 Å². The van der Waals surface area contributed by atoms with Gasteiger partial charge in [0, 0.05) is 12.1 Å². The van der Waals surface area contributed by atoms with E-state index in [-0.39, 0.29) is 11.5 Å². The number of furan rings is 1. The van der Waals surface area contributed by atoms with Crippen molar-refractivity contribution in [2.24, 2.45) is 0 Å². The Kier molecular flexibility index (Phi) is 4.95. The lowest BCUT2D eigenvalue weighted by molar-refractivity contribution is -0.0518. The topological polar surface area (TPSA) is 43.6 Å². The lowest BCUT2D eigenvalue weighted by Crippen LogP contribution is -2.14. The average Bonchev–Trinajstić information content (AvgIpc) is 2.93. The van der Waals surface area contributed by atoms with E-state index < -0.39 is 6.61 Å². The van der Waals surface area contributed by atoms with Gasteiger partial charge >= 0.3 is 6.61 Å². The standard InChI is InChI=1S/C14H15F2NO3/c1-18-12-6-2-4-10(13(12)20-14(15)16)8-17-9-11-5-3-7-19-11/h2-7,14,17H,8-9H2,1H3. The molecule has 1 aromatic heterocycles. The van der Waals surface area contributed by atoms with Crippen LogP contribution in [0.25, 0.3) is 0 Å². The summed E-state index contributed by atoms with van der Waals surface area (Å²) >= 11 is 0. The molecular formula is C14H15F2NO3. The fourth-order valence-electron chi connectivity index (χ4n) is 1.82. The average molecular weight is 283 g/mol. The molecule has 0 atom stereocenters. The first kappa shape index (κ1) is 14.3. The van der Waals surface area contributed by atoms with Gasteiger partial charge in [-0.2, -0.15) is 8.78 Å². The highest BCUT2D eigenvalue weighted by atomic mass is 19.3. The minimum Gasteiger partial charge on any atom is -0.493 e. The smallest absolute Gasteiger partial charge is 0.387 e. The van der Waals surface area contributed by atoms with E-state index in [9.17, 15) is 8.78 Å². The van der Waals surface area contributed by atoms with Crippen LogP contribution in [-0.4, -0.2) is 13.7 Å². The van der Waals surface area contributed by atoms with E-state index in [0.29, 0.717) is 18.7 Å². The van der Waals surface area contributed by atoms with Crippen LogP contribution in [0.3, 0.4) is 0 Å². The van der Waals surface area contributed by atoms with Crippen molar-refractivity contribution < 1.29 is 22.7 Å². The molecule has 1 heterocycles. The van der Waals surface area contributed by atoms with Crippen molar-refractivity contribution in [3.63, 3.8) is 0 Å². The summed E-state index contributed by atoms with van der Waals surface area (Å²) in [7, 11) is 1.41. The van der Waals surface area contributed by atoms with Gasteiger partial charge in [-0.25, -0.2) is 0 Å². The van der Waals surface area contributed by atoms with E-state index in [1.807, 2.05) is 6.07 Å². The Bertz CT molecular complexity index is 529. The molecule has 4 nitrogen and oxygen atoms in total. The number of methoxy groups -OCH3 is 1. The van der Waals surface area contributed by atoms with Crippen LogP contribution in [0.5, 0.6) is 11.5 Å². The summed E-state index contributed by atoms with van der Waals surface area (Å²) in [6.07, 6.45) is 1.58. The summed E-state index contributed by atoms with van der Waals surface area (Å²) in [6, 6.07) is 8.62. The molecule has 0 saturated carbocycles. The monoisotopic (exact) mass is 283 g/mol. The summed E-state index contributed by atoms with van der Waals surface area (Å²) < 4.78 is 39.6. The second kappa shape index (κ2) is 6.91. The van der Waals surface area contributed by atoms with Crippen molar-refractivity contribution in [1.82, 2.24) is 5.32 Å². The maximum absolute atomic E-state index is 12.4. The molecule has 0 unspecified atom stereocenters. The highest BCUT2D eigenvalue weighted by molar-refractivity contribution is 5.46. The molecule has 0 fully saturated rings. The van der Waals surface area contributed by atoms with Gasteiger partial charge < -0.3 is 19.2 Å². The zero-order valence-electron chi connectivity index (χ0n) is 10.9. The van der Waals surface area contributed by atoms with E-state index >= 15 is 0 Å². The van der Waals surface area contributed by atoms with Gasteiger partial charge in [0.2, 0.25) is 0 Å². The van der Waals surface area contributed by atoms with E-state index in [1.54, 1.807) is 30.5 Å². The minimum atomic E-state index is -2.89. The first-order valence-electron chi connectivity index (χ1n) is 6.04. The molecule has 2 rings (SSSR count). The highest BCUT2D eigenvalue weighted by Gasteiger charge is 2.15. The third-order valence-electron chi connectivity index (χ3n) is 2.68. The van der Waals surface area contributed by atoms with E-state index in [4.69, 9.17) is 9.15 Å². The zero-order valence-corrected chi connectivity index (χ0v) is 10.9. The maximum Gasteiger partial charge on any atom is 0.387 e. The van der Waals surface area contributed by atoms with Crippen molar-refractivity contribution in [3.05, 3.63) is 47.9 Å². The summed E-state index contributed by atoms with van der Waals surface area (Å²) in [6.45, 7) is -2.03. The lowest BCUT2D eigenvalue weighted by Gasteiger charge is -2.14. The van der Waals surface area contributed by atoms with Crippen LogP contribution in [0.15, 0.2) is 41.0 Å². The van der Waals surface area contributed by atoms with Crippen LogP contribution in [0.1, 0.15) is 11.3 Å². The molecule has 0 saturated heterocycles. The second-order valence-corrected chi connectivity index (χ2v) is 4.01. The summed E-state index contributed by atoms with van der Waals surface area (Å²) in [5.41, 5.74) is 0.594. The first-order valence-corrected chi connectivity index (χ1v) is 6.04. The summed E-state index contributed by atoms with van der Waals surface area (Å²) in [5.74, 6) is 1.10. The fourth-order valence-corrected chi connectivity index (χ4v) is 1.82. The van der Waals surface area contributed by atoms with Gasteiger partial charge in [0.15, 0.2) is 11.5 Å². The van der Waals surface area contributed by atoms with Gasteiger partial charge in [-0.3, -0.25) is 0 Å². The number of hydrogen-bond acceptors (Lipinski definition) is 4. The van der Waals surface area contributed by atoms with Crippen molar-refractivity contribution in [3.8, 4) is 11.5 Å². The molecule has 0 bridgehead atoms. The Morgan fingerprint density at radius 1 is 1.20 bits per heavy atom. The van der Waals surface area contributed by atoms with E-state index in [0.717, 1.165) is 5.76 Å². The van der Waals surface area contributed by atoms with Gasteiger partial charge in [-0.1, -0.05) is 12.1 Å². The predicted octanol–water partition coefficient (Wildman–Crippen LogP) is 3.18. The van der Waals surface area contributed by atoms with Gasteiger partial charge in [-0.15, -0.1) is 0 Å². The van der Waals surface area contributed by atoms with E-state index in [2.05, 4.69) is 10.1 Å². The van der Waals surface area contributed by atoms with Crippen molar-refractivity contribution in [1.29, 1.82) is 0 Å². The molecular weight excluding hydrogens is 268 g/mol. The van der Waals surface area contributed by atoms with Crippen LogP contribution >= 0.6 is 0 Å². The molecule has 20 heavy (non-hydrogen) atoms.